The Morgan fingerprint density at radius 3 is 2.70 bits per heavy atom. The Labute approximate surface area is 198 Å². The van der Waals surface area contributed by atoms with Crippen LogP contribution in [-0.4, -0.2) is 53.2 Å². The lowest BCUT2D eigenvalue weighted by molar-refractivity contribution is -0.112. The Balaban J connectivity index is 1.67. The minimum absolute atomic E-state index is 0.251. The maximum absolute atomic E-state index is 11.9. The molecule has 9 nitrogen and oxygen atoms in total. The van der Waals surface area contributed by atoms with E-state index in [1.165, 1.54) is 12.4 Å². The van der Waals surface area contributed by atoms with Crippen molar-refractivity contribution in [2.75, 3.05) is 36.1 Å². The fraction of sp³-hybridized carbons (Fsp3) is 0.304. The lowest BCUT2D eigenvalue weighted by atomic mass is 10.1. The first-order valence-corrected chi connectivity index (χ1v) is 11.0. The first-order valence-electron chi connectivity index (χ1n) is 10.6. The number of rotatable bonds is 9. The van der Waals surface area contributed by atoms with Gasteiger partial charge in [-0.25, -0.2) is 4.98 Å². The normalized spacial score (nSPS) is 14.9. The molecule has 0 unspecified atom stereocenters. The van der Waals surface area contributed by atoms with E-state index in [4.69, 9.17) is 17.0 Å². The molecule has 1 aliphatic rings. The SMILES string of the molecule is C=C(C)C(=O)Nc1cccc(Nc2nc(N/C(C=N)=C/NC3CCN(C)CC3)ncc2Cl)c1. The highest BCUT2D eigenvalue weighted by atomic mass is 35.5. The van der Waals surface area contributed by atoms with Crippen molar-refractivity contribution in [3.05, 3.63) is 59.5 Å². The van der Waals surface area contributed by atoms with Crippen molar-refractivity contribution >= 4 is 46.9 Å². The number of allylic oxidation sites excluding steroid dienone is 1. The lowest BCUT2D eigenvalue weighted by Crippen LogP contribution is -2.39. The first-order chi connectivity index (χ1) is 15.8. The molecule has 174 valence electrons. The van der Waals surface area contributed by atoms with Gasteiger partial charge in [-0.2, -0.15) is 4.98 Å². The van der Waals surface area contributed by atoms with Crippen LogP contribution in [0.15, 0.2) is 54.5 Å². The van der Waals surface area contributed by atoms with Gasteiger partial charge in [-0.15, -0.1) is 0 Å². The number of hydrogen-bond donors (Lipinski definition) is 5. The lowest BCUT2D eigenvalue weighted by Gasteiger charge is -2.29. The summed E-state index contributed by atoms with van der Waals surface area (Å²) in [6, 6.07) is 7.55. The van der Waals surface area contributed by atoms with E-state index >= 15 is 0 Å². The van der Waals surface area contributed by atoms with Gasteiger partial charge >= 0.3 is 0 Å². The quantitative estimate of drug-likeness (QED) is 0.279. The highest BCUT2D eigenvalue weighted by Crippen LogP contribution is 2.25. The number of likely N-dealkylation sites (tertiary alicyclic amines) is 1. The standard InChI is InChI=1S/C23H29ClN8O/c1-15(2)22(33)29-18-6-4-5-17(11-18)28-21-20(24)14-27-23(31-21)30-19(12-25)13-26-16-7-9-32(3)10-8-16/h4-6,11-14,16,25-26H,1,7-10H2,2-3H3,(H,29,33)(H2,27,28,30,31)/b19-13+,25-12?. The van der Waals surface area contributed by atoms with Crippen molar-refractivity contribution < 1.29 is 4.79 Å². The highest BCUT2D eigenvalue weighted by Gasteiger charge is 2.15. The predicted molar refractivity (Wildman–Crippen MR) is 134 cm³/mol. The van der Waals surface area contributed by atoms with Gasteiger partial charge in [0.2, 0.25) is 5.95 Å². The third kappa shape index (κ3) is 7.30. The average molecular weight is 469 g/mol. The van der Waals surface area contributed by atoms with Gasteiger partial charge in [-0.3, -0.25) is 4.79 Å². The molecular weight excluding hydrogens is 440 g/mol. The minimum Gasteiger partial charge on any atom is -0.386 e. The molecule has 0 bridgehead atoms. The molecule has 1 aromatic carbocycles. The molecule has 2 aromatic rings. The molecule has 0 saturated carbocycles. The van der Waals surface area contributed by atoms with Crippen LogP contribution in [0.3, 0.4) is 0 Å². The molecule has 2 heterocycles. The molecule has 0 radical (unpaired) electrons. The molecule has 0 spiro atoms. The maximum Gasteiger partial charge on any atom is 0.250 e. The number of carbonyl (C=O) groups excluding carboxylic acids is 1. The third-order valence-electron chi connectivity index (χ3n) is 5.12. The summed E-state index contributed by atoms with van der Waals surface area (Å²) in [6.45, 7) is 7.38. The molecule has 1 amide bonds. The molecule has 1 saturated heterocycles. The summed E-state index contributed by atoms with van der Waals surface area (Å²) in [5, 5.41) is 20.4. The Bertz CT molecular complexity index is 1050. The monoisotopic (exact) mass is 468 g/mol. The van der Waals surface area contributed by atoms with Crippen molar-refractivity contribution in [1.29, 1.82) is 5.41 Å². The summed E-state index contributed by atoms with van der Waals surface area (Å²) in [4.78, 5) is 22.8. The summed E-state index contributed by atoms with van der Waals surface area (Å²) in [6.07, 6.45) is 6.58. The van der Waals surface area contributed by atoms with Crippen LogP contribution in [-0.2, 0) is 4.79 Å². The van der Waals surface area contributed by atoms with Crippen LogP contribution in [0.5, 0.6) is 0 Å². The van der Waals surface area contributed by atoms with Crippen LogP contribution in [0, 0.1) is 5.41 Å². The molecule has 33 heavy (non-hydrogen) atoms. The molecular formula is C23H29ClN8O. The highest BCUT2D eigenvalue weighted by molar-refractivity contribution is 6.32. The number of hydrogen-bond acceptors (Lipinski definition) is 8. The van der Waals surface area contributed by atoms with E-state index in [1.54, 1.807) is 31.3 Å². The summed E-state index contributed by atoms with van der Waals surface area (Å²) >= 11 is 6.28. The molecule has 3 rings (SSSR count). The van der Waals surface area contributed by atoms with Crippen LogP contribution in [0.1, 0.15) is 19.8 Å². The smallest absolute Gasteiger partial charge is 0.250 e. The summed E-state index contributed by atoms with van der Waals surface area (Å²) in [7, 11) is 2.12. The minimum atomic E-state index is -0.251. The van der Waals surface area contributed by atoms with Gasteiger partial charge < -0.3 is 31.6 Å². The van der Waals surface area contributed by atoms with Crippen molar-refractivity contribution in [2.45, 2.75) is 25.8 Å². The van der Waals surface area contributed by atoms with Crippen molar-refractivity contribution in [3.8, 4) is 0 Å². The molecule has 1 fully saturated rings. The number of carbonyl (C=O) groups is 1. The van der Waals surface area contributed by atoms with E-state index in [-0.39, 0.29) is 5.91 Å². The second-order valence-corrected chi connectivity index (χ2v) is 8.35. The number of nitrogens with zero attached hydrogens (tertiary/aromatic N) is 3. The van der Waals surface area contributed by atoms with Crippen LogP contribution in [0.4, 0.5) is 23.1 Å². The average Bonchev–Trinajstić information content (AvgIpc) is 2.80. The number of benzene rings is 1. The van der Waals surface area contributed by atoms with Gasteiger partial charge in [0.1, 0.15) is 5.02 Å². The number of piperidine rings is 1. The van der Waals surface area contributed by atoms with Crippen molar-refractivity contribution in [1.82, 2.24) is 20.2 Å². The fourth-order valence-corrected chi connectivity index (χ4v) is 3.33. The largest absolute Gasteiger partial charge is 0.386 e. The summed E-state index contributed by atoms with van der Waals surface area (Å²) in [5.74, 6) is 0.442. The van der Waals surface area contributed by atoms with Crippen LogP contribution in [0.25, 0.3) is 0 Å². The van der Waals surface area contributed by atoms with Crippen molar-refractivity contribution in [2.24, 2.45) is 0 Å². The first kappa shape index (κ1) is 24.2. The molecule has 0 atom stereocenters. The number of anilines is 4. The van der Waals surface area contributed by atoms with Crippen LogP contribution in [0.2, 0.25) is 5.02 Å². The Kier molecular flexibility index (Phi) is 8.39. The number of halogens is 1. The Morgan fingerprint density at radius 2 is 2.00 bits per heavy atom. The van der Waals surface area contributed by atoms with E-state index in [1.807, 2.05) is 6.07 Å². The van der Waals surface area contributed by atoms with Crippen LogP contribution < -0.4 is 21.3 Å². The number of amides is 1. The van der Waals surface area contributed by atoms with Gasteiger partial charge in [0.25, 0.3) is 5.91 Å². The third-order valence-corrected chi connectivity index (χ3v) is 5.40. The van der Waals surface area contributed by atoms with E-state index in [0.29, 0.717) is 45.5 Å². The van der Waals surface area contributed by atoms with Gasteiger partial charge in [-0.05, 0) is 58.1 Å². The topological polar surface area (TPSA) is 118 Å². The second-order valence-electron chi connectivity index (χ2n) is 7.94. The second kappa shape index (κ2) is 11.4. The summed E-state index contributed by atoms with van der Waals surface area (Å²) in [5.41, 5.74) is 2.26. The fourth-order valence-electron chi connectivity index (χ4n) is 3.19. The number of aromatic nitrogens is 2. The molecule has 1 aliphatic heterocycles. The van der Waals surface area contributed by atoms with E-state index in [2.05, 4.69) is 49.8 Å². The van der Waals surface area contributed by atoms with Crippen molar-refractivity contribution in [3.63, 3.8) is 0 Å². The number of nitrogens with one attached hydrogen (secondary N) is 5. The van der Waals surface area contributed by atoms with Gasteiger partial charge in [0.15, 0.2) is 5.82 Å². The van der Waals surface area contributed by atoms with Gasteiger partial charge in [0, 0.05) is 35.4 Å². The predicted octanol–water partition coefficient (Wildman–Crippen LogP) is 3.97. The van der Waals surface area contributed by atoms with Gasteiger partial charge in [0.05, 0.1) is 11.9 Å². The summed E-state index contributed by atoms with van der Waals surface area (Å²) < 4.78 is 0. The Morgan fingerprint density at radius 1 is 1.27 bits per heavy atom. The molecule has 10 heteroatoms. The zero-order valence-electron chi connectivity index (χ0n) is 18.8. The van der Waals surface area contributed by atoms with E-state index < -0.39 is 0 Å². The maximum atomic E-state index is 11.9. The zero-order valence-corrected chi connectivity index (χ0v) is 19.5. The molecule has 0 aliphatic carbocycles. The Hall–Kier alpha value is -3.43. The van der Waals surface area contributed by atoms with Crippen LogP contribution >= 0.6 is 11.6 Å². The molecule has 1 aromatic heterocycles. The van der Waals surface area contributed by atoms with Gasteiger partial charge in [-0.1, -0.05) is 24.2 Å². The van der Waals surface area contributed by atoms with E-state index in [0.717, 1.165) is 25.9 Å². The molecule has 5 N–H and O–H groups in total. The van der Waals surface area contributed by atoms with E-state index in [9.17, 15) is 4.79 Å². The zero-order chi connectivity index (χ0) is 23.8.